The Bertz CT molecular complexity index is 1250. The van der Waals surface area contributed by atoms with Crippen molar-refractivity contribution in [2.45, 2.75) is 13.2 Å². The number of benzene rings is 2. The first kappa shape index (κ1) is 18.6. The van der Waals surface area contributed by atoms with E-state index in [0.29, 0.717) is 11.0 Å². The Morgan fingerprint density at radius 2 is 1.97 bits per heavy atom. The third-order valence-electron chi connectivity index (χ3n) is 4.81. The van der Waals surface area contributed by atoms with Crippen LogP contribution in [0.5, 0.6) is 0 Å². The van der Waals surface area contributed by atoms with Crippen molar-refractivity contribution in [3.8, 4) is 0 Å². The highest BCUT2D eigenvalue weighted by Gasteiger charge is 2.34. The lowest BCUT2D eigenvalue weighted by atomic mass is 10.2. The highest BCUT2D eigenvalue weighted by Crippen LogP contribution is 2.39. The van der Waals surface area contributed by atoms with Crippen LogP contribution >= 0.6 is 11.8 Å². The van der Waals surface area contributed by atoms with E-state index in [9.17, 15) is 5.11 Å². The minimum Gasteiger partial charge on any atom is -0.368 e. The molecule has 1 saturated heterocycles. The molecule has 6 nitrogen and oxygen atoms in total. The standard InChI is InChI=1S/C23H19N5OS/c1-15-7-10-21(24-13-15)27-23-28(17-5-3-2-4-6-17)22(29)20(30-23)12-16-8-9-18-19(11-16)26-14-25-18/h2-14,22,29H,1H3,(H,25,26)/b20-12-,27-23?. The number of hydrogen-bond donors (Lipinski definition) is 2. The Labute approximate surface area is 178 Å². The van der Waals surface area contributed by atoms with Crippen molar-refractivity contribution in [3.63, 3.8) is 0 Å². The van der Waals surface area contributed by atoms with Crippen molar-refractivity contribution in [1.82, 2.24) is 15.0 Å². The van der Waals surface area contributed by atoms with E-state index in [0.717, 1.165) is 32.8 Å². The smallest absolute Gasteiger partial charge is 0.177 e. The van der Waals surface area contributed by atoms with E-state index in [1.165, 1.54) is 11.8 Å². The number of aromatic nitrogens is 3. The highest BCUT2D eigenvalue weighted by molar-refractivity contribution is 8.18. The van der Waals surface area contributed by atoms with Gasteiger partial charge in [0.1, 0.15) is 0 Å². The molecule has 3 heterocycles. The number of aryl methyl sites for hydroxylation is 1. The average Bonchev–Trinajstić information content (AvgIpc) is 3.34. The Balaban J connectivity index is 1.55. The molecule has 1 unspecified atom stereocenters. The van der Waals surface area contributed by atoms with Crippen molar-refractivity contribution in [2.75, 3.05) is 4.90 Å². The molecular formula is C23H19N5OS. The average molecular weight is 414 g/mol. The molecule has 7 heteroatoms. The topological polar surface area (TPSA) is 77.4 Å². The predicted octanol–water partition coefficient (Wildman–Crippen LogP) is 4.87. The number of para-hydroxylation sites is 1. The predicted molar refractivity (Wildman–Crippen MR) is 123 cm³/mol. The summed E-state index contributed by atoms with van der Waals surface area (Å²) in [4.78, 5) is 19.1. The number of nitrogens with zero attached hydrogens (tertiary/aromatic N) is 4. The maximum atomic E-state index is 11.1. The second-order valence-electron chi connectivity index (χ2n) is 7.00. The van der Waals surface area contributed by atoms with Crippen LogP contribution in [0.25, 0.3) is 17.1 Å². The molecule has 2 aromatic heterocycles. The second-order valence-corrected chi connectivity index (χ2v) is 8.04. The number of nitrogens with one attached hydrogen (secondary N) is 1. The number of amidine groups is 1. The van der Waals surface area contributed by atoms with Crippen LogP contribution in [-0.2, 0) is 0 Å². The molecule has 2 N–H and O–H groups in total. The zero-order valence-corrected chi connectivity index (χ0v) is 17.0. The molecule has 1 fully saturated rings. The van der Waals surface area contributed by atoms with Crippen LogP contribution in [0, 0.1) is 6.92 Å². The fourth-order valence-corrected chi connectivity index (χ4v) is 4.35. The molecule has 0 spiro atoms. The number of H-pyrrole nitrogens is 1. The van der Waals surface area contributed by atoms with E-state index in [-0.39, 0.29) is 0 Å². The zero-order chi connectivity index (χ0) is 20.5. The van der Waals surface area contributed by atoms with Gasteiger partial charge >= 0.3 is 0 Å². The second kappa shape index (κ2) is 7.78. The number of pyridine rings is 1. The third-order valence-corrected chi connectivity index (χ3v) is 5.84. The van der Waals surface area contributed by atoms with Crippen LogP contribution in [0.1, 0.15) is 11.1 Å². The van der Waals surface area contributed by atoms with E-state index in [1.807, 2.05) is 78.6 Å². The number of aliphatic imine (C=N–C) groups is 1. The van der Waals surface area contributed by atoms with E-state index < -0.39 is 6.23 Å². The van der Waals surface area contributed by atoms with Crippen LogP contribution < -0.4 is 4.90 Å². The molecule has 2 aromatic carbocycles. The van der Waals surface area contributed by atoms with Crippen LogP contribution in [0.2, 0.25) is 0 Å². The Hall–Kier alpha value is -3.42. The van der Waals surface area contributed by atoms with E-state index >= 15 is 0 Å². The zero-order valence-electron chi connectivity index (χ0n) is 16.2. The van der Waals surface area contributed by atoms with Gasteiger partial charge in [-0.15, -0.1) is 0 Å². The van der Waals surface area contributed by atoms with E-state index in [2.05, 4.69) is 15.0 Å². The van der Waals surface area contributed by atoms with Gasteiger partial charge in [0, 0.05) is 16.8 Å². The number of rotatable bonds is 3. The summed E-state index contributed by atoms with van der Waals surface area (Å²) < 4.78 is 0. The van der Waals surface area contributed by atoms with Gasteiger partial charge in [-0.1, -0.05) is 42.1 Å². The van der Waals surface area contributed by atoms with Crippen LogP contribution in [0.3, 0.4) is 0 Å². The van der Waals surface area contributed by atoms with Crippen molar-refractivity contribution in [3.05, 3.63) is 89.2 Å². The quantitative estimate of drug-likeness (QED) is 0.501. The summed E-state index contributed by atoms with van der Waals surface area (Å²) >= 11 is 1.44. The van der Waals surface area contributed by atoms with Gasteiger partial charge in [0.2, 0.25) is 0 Å². The SMILES string of the molecule is Cc1ccc(N=C2S/C(=C\c3ccc4nc[nH]c4c3)C(O)N2c2ccccc2)nc1. The number of aliphatic hydroxyl groups is 1. The number of aliphatic hydroxyl groups excluding tert-OH is 1. The van der Waals surface area contributed by atoms with Crippen LogP contribution in [0.4, 0.5) is 11.5 Å². The monoisotopic (exact) mass is 413 g/mol. The summed E-state index contributed by atoms with van der Waals surface area (Å²) in [5.41, 5.74) is 4.80. The molecule has 1 atom stereocenters. The maximum absolute atomic E-state index is 11.1. The lowest BCUT2D eigenvalue weighted by Crippen LogP contribution is -2.32. The van der Waals surface area contributed by atoms with Gasteiger partial charge in [-0.2, -0.15) is 0 Å². The van der Waals surface area contributed by atoms with Crippen LogP contribution in [0.15, 0.2) is 83.1 Å². The first-order chi connectivity index (χ1) is 14.7. The molecule has 0 bridgehead atoms. The lowest BCUT2D eigenvalue weighted by Gasteiger charge is -2.22. The molecular weight excluding hydrogens is 394 g/mol. The highest BCUT2D eigenvalue weighted by atomic mass is 32.2. The fourth-order valence-electron chi connectivity index (χ4n) is 3.29. The summed E-state index contributed by atoms with van der Waals surface area (Å²) in [6.07, 6.45) is 4.62. The Kier molecular flexibility index (Phi) is 4.82. The van der Waals surface area contributed by atoms with Crippen molar-refractivity contribution < 1.29 is 5.11 Å². The van der Waals surface area contributed by atoms with Crippen molar-refractivity contribution >= 4 is 45.5 Å². The summed E-state index contributed by atoms with van der Waals surface area (Å²) in [6.45, 7) is 1.99. The van der Waals surface area contributed by atoms with Gasteiger partial charge in [-0.3, -0.25) is 4.90 Å². The van der Waals surface area contributed by atoms with Crippen LogP contribution in [-0.4, -0.2) is 31.5 Å². The summed E-state index contributed by atoms with van der Waals surface area (Å²) in [5.74, 6) is 0.608. The van der Waals surface area contributed by atoms with Crippen molar-refractivity contribution in [2.24, 2.45) is 4.99 Å². The van der Waals surface area contributed by atoms with E-state index in [1.54, 1.807) is 12.5 Å². The normalized spacial score (nSPS) is 19.3. The molecule has 4 aromatic rings. The van der Waals surface area contributed by atoms with Gasteiger partial charge in [0.25, 0.3) is 0 Å². The first-order valence-corrected chi connectivity index (χ1v) is 10.4. The summed E-state index contributed by atoms with van der Waals surface area (Å²) in [7, 11) is 0. The number of anilines is 1. The van der Waals surface area contributed by atoms with Crippen molar-refractivity contribution in [1.29, 1.82) is 0 Å². The summed E-state index contributed by atoms with van der Waals surface area (Å²) in [5, 5.41) is 11.8. The van der Waals surface area contributed by atoms with Gasteiger partial charge in [-0.05, 0) is 54.5 Å². The Morgan fingerprint density at radius 3 is 2.77 bits per heavy atom. The largest absolute Gasteiger partial charge is 0.368 e. The third kappa shape index (κ3) is 3.60. The number of imidazole rings is 1. The number of aromatic amines is 1. The molecule has 1 aliphatic rings. The fraction of sp³-hybridized carbons (Fsp3) is 0.0870. The minimum absolute atomic E-state index is 0.608. The molecule has 30 heavy (non-hydrogen) atoms. The molecule has 1 aliphatic heterocycles. The minimum atomic E-state index is -0.834. The molecule has 148 valence electrons. The summed E-state index contributed by atoms with van der Waals surface area (Å²) in [6, 6.07) is 19.6. The van der Waals surface area contributed by atoms with Gasteiger partial charge < -0.3 is 10.1 Å². The Morgan fingerprint density at radius 1 is 1.10 bits per heavy atom. The first-order valence-electron chi connectivity index (χ1n) is 9.54. The maximum Gasteiger partial charge on any atom is 0.177 e. The van der Waals surface area contributed by atoms with Gasteiger partial charge in [0.15, 0.2) is 17.2 Å². The lowest BCUT2D eigenvalue weighted by molar-refractivity contribution is 0.233. The number of fused-ring (bicyclic) bond motifs is 1. The van der Waals surface area contributed by atoms with Gasteiger partial charge in [0.05, 0.1) is 17.4 Å². The number of hydrogen-bond acceptors (Lipinski definition) is 5. The molecule has 0 radical (unpaired) electrons. The molecule has 0 saturated carbocycles. The molecule has 0 amide bonds. The van der Waals surface area contributed by atoms with E-state index in [4.69, 9.17) is 4.99 Å². The molecule has 5 rings (SSSR count). The molecule has 0 aliphatic carbocycles. The van der Waals surface area contributed by atoms with Gasteiger partial charge in [-0.25, -0.2) is 15.0 Å². The number of thioether (sulfide) groups is 1.